The minimum Gasteiger partial charge on any atom is -0.369 e. The number of amides is 1. The summed E-state index contributed by atoms with van der Waals surface area (Å²) in [7, 11) is 1.47. The fraction of sp³-hybridized carbons (Fsp3) is 0.176. The highest BCUT2D eigenvalue weighted by Gasteiger charge is 2.48. The Labute approximate surface area is 148 Å². The molecule has 4 nitrogen and oxygen atoms in total. The van der Waals surface area contributed by atoms with Crippen molar-refractivity contribution in [2.75, 3.05) is 13.7 Å². The molecule has 24 heavy (non-hydrogen) atoms. The number of hydrogen-bond acceptors (Lipinski definition) is 3. The summed E-state index contributed by atoms with van der Waals surface area (Å²) in [5, 5.41) is 0.976. The van der Waals surface area contributed by atoms with Crippen LogP contribution in [0.5, 0.6) is 0 Å². The largest absolute Gasteiger partial charge is 0.369 e. The van der Waals surface area contributed by atoms with Gasteiger partial charge in [-0.3, -0.25) is 9.69 Å². The van der Waals surface area contributed by atoms with Gasteiger partial charge in [0.05, 0.1) is 0 Å². The zero-order chi connectivity index (χ0) is 17.5. The van der Waals surface area contributed by atoms with Gasteiger partial charge in [0.25, 0.3) is 5.91 Å². The molecule has 1 aliphatic heterocycles. The molecule has 1 unspecified atom stereocenters. The Hall–Kier alpha value is -2.11. The van der Waals surface area contributed by atoms with Crippen molar-refractivity contribution in [2.24, 2.45) is 10.7 Å². The molecular formula is C17H14Cl2FN3O. The van der Waals surface area contributed by atoms with Gasteiger partial charge in [-0.25, -0.2) is 9.38 Å². The van der Waals surface area contributed by atoms with Crippen molar-refractivity contribution in [1.82, 2.24) is 4.90 Å². The van der Waals surface area contributed by atoms with Gasteiger partial charge in [0, 0.05) is 17.1 Å². The maximum Gasteiger partial charge on any atom is 0.264 e. The first kappa shape index (κ1) is 16.7. The average molecular weight is 366 g/mol. The number of likely N-dealkylation sites (N-methyl/N-ethyl adjacent to an activating group) is 1. The second-order valence-electron chi connectivity index (χ2n) is 5.57. The van der Waals surface area contributed by atoms with Gasteiger partial charge in [0.15, 0.2) is 11.5 Å². The predicted molar refractivity (Wildman–Crippen MR) is 93.9 cm³/mol. The van der Waals surface area contributed by atoms with Gasteiger partial charge < -0.3 is 5.73 Å². The molecule has 0 aromatic heterocycles. The van der Waals surface area contributed by atoms with Crippen molar-refractivity contribution < 1.29 is 9.18 Å². The van der Waals surface area contributed by atoms with Gasteiger partial charge >= 0.3 is 0 Å². The number of rotatable bonds is 3. The van der Waals surface area contributed by atoms with E-state index in [9.17, 15) is 9.18 Å². The second kappa shape index (κ2) is 6.07. The zero-order valence-electron chi connectivity index (χ0n) is 12.8. The molecule has 0 aliphatic carbocycles. The predicted octanol–water partition coefficient (Wildman–Crippen LogP) is 3.61. The first-order valence-electron chi connectivity index (χ1n) is 7.14. The highest BCUT2D eigenvalue weighted by atomic mass is 35.5. The van der Waals surface area contributed by atoms with Crippen LogP contribution in [0.4, 0.5) is 4.39 Å². The lowest BCUT2D eigenvalue weighted by molar-refractivity contribution is -0.131. The maximum absolute atomic E-state index is 13.8. The van der Waals surface area contributed by atoms with Crippen molar-refractivity contribution >= 4 is 35.1 Å². The molecule has 1 amide bonds. The molecule has 1 aliphatic rings. The summed E-state index contributed by atoms with van der Waals surface area (Å²) in [4.78, 5) is 17.7. The Morgan fingerprint density at radius 2 is 1.83 bits per heavy atom. The molecule has 2 aromatic rings. The lowest BCUT2D eigenvalue weighted by atomic mass is 9.89. The third-order valence-electron chi connectivity index (χ3n) is 4.04. The number of benzene rings is 2. The summed E-state index contributed by atoms with van der Waals surface area (Å²) < 4.78 is 13.8. The van der Waals surface area contributed by atoms with Crippen molar-refractivity contribution in [2.45, 2.75) is 5.54 Å². The van der Waals surface area contributed by atoms with E-state index >= 15 is 0 Å². The third kappa shape index (κ3) is 2.64. The minimum absolute atomic E-state index is 0.00569. The SMILES string of the molecule is CN1C(=O)C(CF)(c2cccc(-c3cc(Cl)cc(Cl)c3)c2)N=C1N. The molecule has 1 heterocycles. The lowest BCUT2D eigenvalue weighted by Crippen LogP contribution is -2.41. The molecule has 7 heteroatoms. The molecule has 0 bridgehead atoms. The molecule has 2 N–H and O–H groups in total. The first-order chi connectivity index (χ1) is 11.4. The Bertz CT molecular complexity index is 835. The number of halogens is 3. The van der Waals surface area contributed by atoms with Gasteiger partial charge in [-0.05, 0) is 41.0 Å². The summed E-state index contributed by atoms with van der Waals surface area (Å²) in [6.45, 7) is -0.976. The summed E-state index contributed by atoms with van der Waals surface area (Å²) in [5.74, 6) is -0.502. The number of carbonyl (C=O) groups excluding carboxylic acids is 1. The van der Waals surface area contributed by atoms with Crippen molar-refractivity contribution in [3.63, 3.8) is 0 Å². The standard InChI is InChI=1S/C17H14Cl2FN3O/c1-23-15(24)17(9-20,22-16(23)21)12-4-2-3-10(5-12)11-6-13(18)8-14(19)7-11/h2-8H,9H2,1H3,(H2,21,22). The first-order valence-corrected chi connectivity index (χ1v) is 7.89. The van der Waals surface area contributed by atoms with Crippen LogP contribution in [0, 0.1) is 0 Å². The molecule has 1 atom stereocenters. The molecule has 3 rings (SSSR count). The van der Waals surface area contributed by atoms with Gasteiger partial charge in [-0.15, -0.1) is 0 Å². The quantitative estimate of drug-likeness (QED) is 0.902. The molecule has 0 radical (unpaired) electrons. The van der Waals surface area contributed by atoms with Crippen LogP contribution >= 0.6 is 23.2 Å². The smallest absolute Gasteiger partial charge is 0.264 e. The summed E-state index contributed by atoms with van der Waals surface area (Å²) in [5.41, 5.74) is 6.00. The monoisotopic (exact) mass is 365 g/mol. The number of guanidine groups is 1. The van der Waals surface area contributed by atoms with E-state index in [-0.39, 0.29) is 5.96 Å². The maximum atomic E-state index is 13.8. The van der Waals surface area contributed by atoms with Gasteiger partial charge in [0.2, 0.25) is 0 Å². The summed E-state index contributed by atoms with van der Waals surface area (Å²) in [6.07, 6.45) is 0. The average Bonchev–Trinajstić information content (AvgIpc) is 2.79. The third-order valence-corrected chi connectivity index (χ3v) is 4.47. The van der Waals surface area contributed by atoms with Crippen LogP contribution in [0.25, 0.3) is 11.1 Å². The lowest BCUT2D eigenvalue weighted by Gasteiger charge is -2.22. The summed E-state index contributed by atoms with van der Waals surface area (Å²) in [6, 6.07) is 12.0. The number of aliphatic imine (C=N–C) groups is 1. The normalized spacial score (nSPS) is 20.4. The number of hydrogen-bond donors (Lipinski definition) is 1. The Morgan fingerprint density at radius 1 is 1.17 bits per heavy atom. The molecule has 124 valence electrons. The fourth-order valence-corrected chi connectivity index (χ4v) is 3.25. The van der Waals surface area contributed by atoms with Crippen LogP contribution in [0.2, 0.25) is 10.0 Å². The Balaban J connectivity index is 2.12. The van der Waals surface area contributed by atoms with Crippen molar-refractivity contribution in [3.8, 4) is 11.1 Å². The molecule has 0 fully saturated rings. The molecule has 0 saturated carbocycles. The number of nitrogens with two attached hydrogens (primary N) is 1. The van der Waals surface area contributed by atoms with Crippen LogP contribution in [0.3, 0.4) is 0 Å². The van der Waals surface area contributed by atoms with E-state index < -0.39 is 18.1 Å². The molecule has 0 spiro atoms. The van der Waals surface area contributed by atoms with E-state index in [2.05, 4.69) is 4.99 Å². The fourth-order valence-electron chi connectivity index (χ4n) is 2.73. The van der Waals surface area contributed by atoms with Crippen LogP contribution in [0.15, 0.2) is 47.5 Å². The molecule has 0 saturated heterocycles. The second-order valence-corrected chi connectivity index (χ2v) is 6.44. The highest BCUT2D eigenvalue weighted by molar-refractivity contribution is 6.35. The Morgan fingerprint density at radius 3 is 2.38 bits per heavy atom. The minimum atomic E-state index is -1.64. The van der Waals surface area contributed by atoms with E-state index in [1.165, 1.54) is 7.05 Å². The number of nitrogens with zero attached hydrogens (tertiary/aromatic N) is 2. The van der Waals surface area contributed by atoms with E-state index in [4.69, 9.17) is 28.9 Å². The number of alkyl halides is 1. The molecular weight excluding hydrogens is 352 g/mol. The van der Waals surface area contributed by atoms with E-state index in [1.54, 1.807) is 36.4 Å². The topological polar surface area (TPSA) is 58.7 Å². The van der Waals surface area contributed by atoms with Crippen LogP contribution in [-0.2, 0) is 10.3 Å². The van der Waals surface area contributed by atoms with Crippen LogP contribution in [-0.4, -0.2) is 30.5 Å². The van der Waals surface area contributed by atoms with Crippen LogP contribution < -0.4 is 5.73 Å². The van der Waals surface area contributed by atoms with E-state index in [0.29, 0.717) is 15.6 Å². The highest BCUT2D eigenvalue weighted by Crippen LogP contribution is 2.36. The van der Waals surface area contributed by atoms with Gasteiger partial charge in [-0.2, -0.15) is 0 Å². The van der Waals surface area contributed by atoms with E-state index in [1.807, 2.05) is 6.07 Å². The summed E-state index contributed by atoms with van der Waals surface area (Å²) >= 11 is 12.1. The van der Waals surface area contributed by atoms with Crippen LogP contribution in [0.1, 0.15) is 5.56 Å². The Kier molecular flexibility index (Phi) is 4.24. The number of carbonyl (C=O) groups is 1. The van der Waals surface area contributed by atoms with Crippen molar-refractivity contribution in [3.05, 3.63) is 58.1 Å². The van der Waals surface area contributed by atoms with Gasteiger partial charge in [0.1, 0.15) is 6.67 Å². The molecule has 2 aromatic carbocycles. The van der Waals surface area contributed by atoms with E-state index in [0.717, 1.165) is 16.0 Å². The van der Waals surface area contributed by atoms with Crippen molar-refractivity contribution in [1.29, 1.82) is 0 Å². The zero-order valence-corrected chi connectivity index (χ0v) is 14.3. The van der Waals surface area contributed by atoms with Gasteiger partial charge in [-0.1, -0.05) is 41.4 Å².